The third kappa shape index (κ3) is 8.02. The fourth-order valence-corrected chi connectivity index (χ4v) is 4.72. The summed E-state index contributed by atoms with van der Waals surface area (Å²) in [7, 11) is 0. The largest absolute Gasteiger partial charge is 0.508 e. The second-order valence-electron chi connectivity index (χ2n) is 10.0. The predicted molar refractivity (Wildman–Crippen MR) is 153 cm³/mol. The van der Waals surface area contributed by atoms with Crippen LogP contribution in [-0.4, -0.2) is 84.5 Å². The molecule has 44 heavy (non-hydrogen) atoms. The fraction of sp³-hybridized carbons (Fsp3) is 0.379. The van der Waals surface area contributed by atoms with Gasteiger partial charge in [-0.3, -0.25) is 9.59 Å². The first kappa shape index (κ1) is 32.2. The Hall–Kier alpha value is -4.70. The van der Waals surface area contributed by atoms with Gasteiger partial charge in [0.25, 0.3) is 0 Å². The molecule has 4 atom stereocenters. The van der Waals surface area contributed by atoms with Crippen molar-refractivity contribution < 1.29 is 53.1 Å². The molecule has 8 N–H and O–H groups in total. The molecule has 1 aromatic heterocycles. The van der Waals surface area contributed by atoms with Crippen LogP contribution in [0.4, 0.5) is 4.79 Å². The lowest BCUT2D eigenvalue weighted by Gasteiger charge is -2.36. The van der Waals surface area contributed by atoms with E-state index in [-0.39, 0.29) is 60.8 Å². The number of aliphatic hydroxyl groups is 1. The average Bonchev–Trinajstić information content (AvgIpc) is 2.97. The van der Waals surface area contributed by atoms with Crippen molar-refractivity contribution in [1.82, 2.24) is 5.32 Å². The number of primary amides is 1. The van der Waals surface area contributed by atoms with Gasteiger partial charge in [-0.15, -0.1) is 0 Å². The Bertz CT molecular complexity index is 1540. The summed E-state index contributed by atoms with van der Waals surface area (Å²) in [4.78, 5) is 48.8. The highest BCUT2D eigenvalue weighted by Crippen LogP contribution is 2.31. The maximum absolute atomic E-state index is 12.9. The number of fused-ring (bicyclic) bond motifs is 1. The van der Waals surface area contributed by atoms with Gasteiger partial charge < -0.3 is 55.5 Å². The van der Waals surface area contributed by atoms with Crippen molar-refractivity contribution in [2.75, 3.05) is 33.0 Å². The van der Waals surface area contributed by atoms with Crippen molar-refractivity contribution >= 4 is 28.9 Å². The highest BCUT2D eigenvalue weighted by Gasteiger charge is 2.42. The molecule has 15 nitrogen and oxygen atoms in total. The molecule has 2 aromatic carbocycles. The van der Waals surface area contributed by atoms with Crippen LogP contribution < -0.4 is 26.9 Å². The van der Waals surface area contributed by atoms with Gasteiger partial charge in [0.1, 0.15) is 53.1 Å². The van der Waals surface area contributed by atoms with Gasteiger partial charge in [-0.25, -0.2) is 9.59 Å². The number of carbonyl (C=O) groups is 3. The van der Waals surface area contributed by atoms with E-state index in [1.165, 1.54) is 36.6 Å². The molecule has 1 saturated carbocycles. The zero-order valence-corrected chi connectivity index (χ0v) is 23.5. The van der Waals surface area contributed by atoms with Crippen LogP contribution in [0.5, 0.6) is 17.2 Å². The standard InChI is InChI=1S/C29H33N3O12/c30-19-5-6-21(25(27(19)37)28(31)38)44-29(39)32-7-8-40-9-10-41-14-23(35)43-17-11-20(34)24-22(12-17)42-13-18(26(24)36)15-1-3-16(33)4-2-15/h1-4,11-13,19,21,25,27,33-34,37H,5-10,14,30H2,(H2,31,38)(H,32,39). The zero-order valence-electron chi connectivity index (χ0n) is 23.5. The predicted octanol–water partition coefficient (Wildman–Crippen LogP) is 0.488. The SMILES string of the molecule is NC(=O)C1C(OC(=O)NCCOCCOCC(=O)Oc2cc(O)c3c(=O)c(-c4ccc(O)cc4)coc3c2)CCC(N)C1O. The van der Waals surface area contributed by atoms with Crippen LogP contribution in [0.3, 0.4) is 0 Å². The number of ether oxygens (including phenoxy) is 4. The van der Waals surface area contributed by atoms with Crippen LogP contribution in [0.2, 0.25) is 0 Å². The lowest BCUT2D eigenvalue weighted by atomic mass is 9.80. The number of hydrogen-bond donors (Lipinski definition) is 6. The number of phenols is 2. The molecule has 0 aliphatic heterocycles. The Morgan fingerprint density at radius 2 is 1.75 bits per heavy atom. The average molecular weight is 616 g/mol. The lowest BCUT2D eigenvalue weighted by Crippen LogP contribution is -2.55. The summed E-state index contributed by atoms with van der Waals surface area (Å²) in [5.41, 5.74) is 11.2. The maximum Gasteiger partial charge on any atom is 0.407 e. The van der Waals surface area contributed by atoms with E-state index in [0.29, 0.717) is 12.0 Å². The second-order valence-corrected chi connectivity index (χ2v) is 10.0. The van der Waals surface area contributed by atoms with Crippen LogP contribution in [0, 0.1) is 5.92 Å². The minimum atomic E-state index is -1.20. The Balaban J connectivity index is 1.15. The van der Waals surface area contributed by atoms with Gasteiger partial charge in [-0.05, 0) is 30.5 Å². The number of aliphatic hydroxyl groups excluding tert-OH is 1. The quantitative estimate of drug-likeness (QED) is 0.0924. The Kier molecular flexibility index (Phi) is 10.7. The molecule has 0 saturated heterocycles. The van der Waals surface area contributed by atoms with E-state index in [9.17, 15) is 34.5 Å². The second kappa shape index (κ2) is 14.7. The van der Waals surface area contributed by atoms with Crippen molar-refractivity contribution in [2.45, 2.75) is 31.1 Å². The van der Waals surface area contributed by atoms with Gasteiger partial charge >= 0.3 is 12.1 Å². The van der Waals surface area contributed by atoms with Gasteiger partial charge in [0.15, 0.2) is 0 Å². The lowest BCUT2D eigenvalue weighted by molar-refractivity contribution is -0.140. The number of rotatable bonds is 12. The summed E-state index contributed by atoms with van der Waals surface area (Å²) in [6.07, 6.45) is -1.03. The summed E-state index contributed by atoms with van der Waals surface area (Å²) in [5.74, 6) is -3.15. The molecule has 4 unspecified atom stereocenters. The molecule has 0 radical (unpaired) electrons. The number of esters is 1. The molecule has 1 aliphatic rings. The van der Waals surface area contributed by atoms with Crippen molar-refractivity contribution in [3.63, 3.8) is 0 Å². The number of nitrogens with two attached hydrogens (primary N) is 2. The smallest absolute Gasteiger partial charge is 0.407 e. The van der Waals surface area contributed by atoms with E-state index in [1.807, 2.05) is 0 Å². The molecule has 3 aromatic rings. The van der Waals surface area contributed by atoms with Crippen molar-refractivity contribution in [2.24, 2.45) is 17.4 Å². The van der Waals surface area contributed by atoms with Gasteiger partial charge in [0, 0.05) is 24.7 Å². The Morgan fingerprint density at radius 3 is 2.48 bits per heavy atom. The number of amides is 2. The molecule has 236 valence electrons. The number of benzene rings is 2. The van der Waals surface area contributed by atoms with Crippen molar-refractivity contribution in [3.8, 4) is 28.4 Å². The number of carbonyl (C=O) groups excluding carboxylic acids is 3. The van der Waals surface area contributed by atoms with Crippen molar-refractivity contribution in [1.29, 1.82) is 0 Å². The molecule has 1 fully saturated rings. The topological polar surface area (TPSA) is 243 Å². The van der Waals surface area contributed by atoms with Gasteiger partial charge in [0.2, 0.25) is 11.3 Å². The molecule has 0 bridgehead atoms. The summed E-state index contributed by atoms with van der Waals surface area (Å²) in [6.45, 7) is -0.149. The van der Waals surface area contributed by atoms with Crippen LogP contribution >= 0.6 is 0 Å². The van der Waals surface area contributed by atoms with Gasteiger partial charge in [0.05, 0.1) is 31.5 Å². The van der Waals surface area contributed by atoms with E-state index >= 15 is 0 Å². The number of nitrogens with one attached hydrogen (secondary N) is 1. The van der Waals surface area contributed by atoms with Gasteiger partial charge in [-0.1, -0.05) is 12.1 Å². The van der Waals surface area contributed by atoms with Crippen LogP contribution in [-0.2, 0) is 23.8 Å². The highest BCUT2D eigenvalue weighted by atomic mass is 16.6. The molecular formula is C29H33N3O12. The van der Waals surface area contributed by atoms with E-state index in [4.69, 9.17) is 34.8 Å². The van der Waals surface area contributed by atoms with Crippen molar-refractivity contribution in [3.05, 3.63) is 52.9 Å². The summed E-state index contributed by atoms with van der Waals surface area (Å²) < 4.78 is 26.4. The van der Waals surface area contributed by atoms with E-state index in [0.717, 1.165) is 6.07 Å². The van der Waals surface area contributed by atoms with Gasteiger partial charge in [-0.2, -0.15) is 0 Å². The summed E-state index contributed by atoms with van der Waals surface area (Å²) >= 11 is 0. The first-order valence-electron chi connectivity index (χ1n) is 13.7. The van der Waals surface area contributed by atoms with E-state index in [1.54, 1.807) is 0 Å². The first-order valence-corrected chi connectivity index (χ1v) is 13.7. The fourth-order valence-electron chi connectivity index (χ4n) is 4.72. The number of hydrogen-bond acceptors (Lipinski definition) is 13. The Morgan fingerprint density at radius 1 is 1.02 bits per heavy atom. The third-order valence-corrected chi connectivity index (χ3v) is 6.93. The van der Waals surface area contributed by atoms with Crippen LogP contribution in [0.25, 0.3) is 22.1 Å². The molecule has 0 spiro atoms. The molecule has 15 heteroatoms. The molecule has 1 heterocycles. The maximum atomic E-state index is 12.9. The van der Waals surface area contributed by atoms with E-state index in [2.05, 4.69) is 5.32 Å². The monoisotopic (exact) mass is 615 g/mol. The molecule has 4 rings (SSSR count). The minimum Gasteiger partial charge on any atom is -0.508 e. The summed E-state index contributed by atoms with van der Waals surface area (Å²) in [5, 5.41) is 32.4. The summed E-state index contributed by atoms with van der Waals surface area (Å²) in [6, 6.07) is 7.66. The first-order chi connectivity index (χ1) is 21.0. The Labute approximate surface area is 250 Å². The van der Waals surface area contributed by atoms with E-state index < -0.39 is 59.9 Å². The number of alkyl carbamates (subject to hydrolysis) is 1. The molecule has 1 aliphatic carbocycles. The van der Waals surface area contributed by atoms with Crippen LogP contribution in [0.15, 0.2) is 51.9 Å². The number of phenolic OH excluding ortho intramolecular Hbond substituents is 2. The number of aromatic hydroxyl groups is 2. The zero-order chi connectivity index (χ0) is 31.8. The third-order valence-electron chi connectivity index (χ3n) is 6.93. The van der Waals surface area contributed by atoms with Crippen LogP contribution in [0.1, 0.15) is 12.8 Å². The minimum absolute atomic E-state index is 0.000329. The molecule has 2 amide bonds. The molecular weight excluding hydrogens is 582 g/mol. The highest BCUT2D eigenvalue weighted by molar-refractivity contribution is 5.89. The normalized spacial score (nSPS) is 19.8.